The molecule has 7 nitrogen and oxygen atoms in total. The zero-order valence-corrected chi connectivity index (χ0v) is 16.6. The van der Waals surface area contributed by atoms with Crippen molar-refractivity contribution >= 4 is 17.5 Å². The highest BCUT2D eigenvalue weighted by Gasteiger charge is 2.50. The second kappa shape index (κ2) is 8.24. The van der Waals surface area contributed by atoms with E-state index in [-0.39, 0.29) is 29.3 Å². The number of hydrogen-bond acceptors (Lipinski definition) is 5. The molecule has 1 aliphatic carbocycles. The second-order valence-corrected chi connectivity index (χ2v) is 8.02. The number of piperazine rings is 1. The fourth-order valence-corrected chi connectivity index (χ4v) is 4.00. The van der Waals surface area contributed by atoms with Crippen LogP contribution in [0.1, 0.15) is 25.7 Å². The standard InChI is InChI=1S/C22H27N5O2/c1-2-3-9-22(24-25-22)10-11-23-20(28)18-16-19(18)21(29)27-14-12-26(13-15-27)17-7-5-4-6-8-17/h1,4-8,18-19H,3,9-16H2,(H,23,28)/t18-,19-/m1/s1. The van der Waals surface area contributed by atoms with Crippen molar-refractivity contribution in [3.63, 3.8) is 0 Å². The Morgan fingerprint density at radius 2 is 1.83 bits per heavy atom. The Kier molecular flexibility index (Phi) is 5.52. The average molecular weight is 393 g/mol. The number of hydrogen-bond donors (Lipinski definition) is 1. The molecule has 3 aliphatic rings. The van der Waals surface area contributed by atoms with E-state index in [0.717, 1.165) is 19.5 Å². The molecule has 2 atom stereocenters. The number of para-hydroxylation sites is 1. The van der Waals surface area contributed by atoms with Gasteiger partial charge in [-0.15, -0.1) is 12.3 Å². The predicted molar refractivity (Wildman–Crippen MR) is 110 cm³/mol. The highest BCUT2D eigenvalue weighted by molar-refractivity contribution is 5.92. The molecule has 0 bridgehead atoms. The maximum absolute atomic E-state index is 12.8. The Labute approximate surface area is 171 Å². The van der Waals surface area contributed by atoms with E-state index in [4.69, 9.17) is 6.42 Å². The minimum atomic E-state index is -0.378. The van der Waals surface area contributed by atoms with Gasteiger partial charge in [-0.3, -0.25) is 9.59 Å². The van der Waals surface area contributed by atoms with Gasteiger partial charge in [-0.2, -0.15) is 10.2 Å². The third kappa shape index (κ3) is 4.58. The summed E-state index contributed by atoms with van der Waals surface area (Å²) in [6.45, 7) is 3.58. The van der Waals surface area contributed by atoms with Crippen molar-refractivity contribution in [2.75, 3.05) is 37.6 Å². The molecule has 1 aromatic rings. The molecule has 7 heteroatoms. The Morgan fingerprint density at radius 3 is 2.48 bits per heavy atom. The Bertz CT molecular complexity index is 817. The van der Waals surface area contributed by atoms with Gasteiger partial charge in [0.1, 0.15) is 0 Å². The first-order valence-electron chi connectivity index (χ1n) is 10.4. The van der Waals surface area contributed by atoms with Gasteiger partial charge in [-0.25, -0.2) is 0 Å². The van der Waals surface area contributed by atoms with E-state index in [1.54, 1.807) is 0 Å². The van der Waals surface area contributed by atoms with Crippen LogP contribution in [0.15, 0.2) is 40.6 Å². The van der Waals surface area contributed by atoms with Crippen LogP contribution in [0.5, 0.6) is 0 Å². The largest absolute Gasteiger partial charge is 0.368 e. The van der Waals surface area contributed by atoms with Crippen molar-refractivity contribution in [1.82, 2.24) is 10.2 Å². The van der Waals surface area contributed by atoms with Crippen LogP contribution in [0.25, 0.3) is 0 Å². The summed E-state index contributed by atoms with van der Waals surface area (Å²) in [4.78, 5) is 29.3. The summed E-state index contributed by atoms with van der Waals surface area (Å²) in [6, 6.07) is 10.3. The van der Waals surface area contributed by atoms with Crippen LogP contribution in [-0.2, 0) is 9.59 Å². The third-order valence-electron chi connectivity index (χ3n) is 6.03. The predicted octanol–water partition coefficient (Wildman–Crippen LogP) is 2.05. The van der Waals surface area contributed by atoms with Crippen LogP contribution in [0.3, 0.4) is 0 Å². The molecule has 1 aromatic carbocycles. The first-order chi connectivity index (χ1) is 14.1. The maximum atomic E-state index is 12.8. The lowest BCUT2D eigenvalue weighted by molar-refractivity contribution is -0.135. The normalized spacial score (nSPS) is 24.0. The summed E-state index contributed by atoms with van der Waals surface area (Å²) in [5.41, 5.74) is 0.814. The van der Waals surface area contributed by atoms with Crippen LogP contribution in [0, 0.1) is 24.2 Å². The fraction of sp³-hybridized carbons (Fsp3) is 0.545. The number of anilines is 1. The quantitative estimate of drug-likeness (QED) is 0.687. The second-order valence-electron chi connectivity index (χ2n) is 8.02. The summed E-state index contributed by atoms with van der Waals surface area (Å²) < 4.78 is 0. The number of amides is 2. The first kappa shape index (κ1) is 19.4. The number of carbonyl (C=O) groups excluding carboxylic acids is 2. The Balaban J connectivity index is 1.17. The molecular formula is C22H27N5O2. The van der Waals surface area contributed by atoms with Crippen molar-refractivity contribution in [3.8, 4) is 12.3 Å². The van der Waals surface area contributed by atoms with Crippen molar-refractivity contribution in [2.45, 2.75) is 31.3 Å². The van der Waals surface area contributed by atoms with Crippen molar-refractivity contribution in [2.24, 2.45) is 22.1 Å². The molecule has 152 valence electrons. The number of benzene rings is 1. The third-order valence-corrected chi connectivity index (χ3v) is 6.03. The van der Waals surface area contributed by atoms with E-state index in [1.165, 1.54) is 5.69 Å². The van der Waals surface area contributed by atoms with E-state index >= 15 is 0 Å². The number of carbonyl (C=O) groups is 2. The molecular weight excluding hydrogens is 366 g/mol. The van der Waals surface area contributed by atoms with Gasteiger partial charge in [0.25, 0.3) is 0 Å². The highest BCUT2D eigenvalue weighted by atomic mass is 16.2. The van der Waals surface area contributed by atoms with Gasteiger partial charge in [0.2, 0.25) is 11.8 Å². The van der Waals surface area contributed by atoms with Gasteiger partial charge < -0.3 is 15.1 Å². The number of nitrogens with zero attached hydrogens (tertiary/aromatic N) is 4. The van der Waals surface area contributed by atoms with Crippen LogP contribution in [-0.4, -0.2) is 55.1 Å². The summed E-state index contributed by atoms with van der Waals surface area (Å²) in [6.07, 6.45) is 7.99. The molecule has 1 N–H and O–H groups in total. The zero-order valence-electron chi connectivity index (χ0n) is 16.6. The first-order valence-corrected chi connectivity index (χ1v) is 10.4. The molecule has 29 heavy (non-hydrogen) atoms. The van der Waals surface area contributed by atoms with Crippen LogP contribution >= 0.6 is 0 Å². The van der Waals surface area contributed by atoms with Crippen molar-refractivity contribution in [1.29, 1.82) is 0 Å². The van der Waals surface area contributed by atoms with E-state index in [0.29, 0.717) is 38.9 Å². The van der Waals surface area contributed by atoms with Crippen LogP contribution < -0.4 is 10.2 Å². The van der Waals surface area contributed by atoms with Crippen LogP contribution in [0.2, 0.25) is 0 Å². The summed E-state index contributed by atoms with van der Waals surface area (Å²) in [5.74, 6) is 2.34. The Hall–Kier alpha value is -2.88. The molecule has 2 heterocycles. The molecule has 0 unspecified atom stereocenters. The van der Waals surface area contributed by atoms with Gasteiger partial charge in [0.15, 0.2) is 5.66 Å². The maximum Gasteiger partial charge on any atom is 0.226 e. The molecule has 1 saturated heterocycles. The zero-order chi connectivity index (χ0) is 20.3. The van der Waals surface area contributed by atoms with E-state index < -0.39 is 0 Å². The van der Waals surface area contributed by atoms with Crippen molar-refractivity contribution in [3.05, 3.63) is 30.3 Å². The SMILES string of the molecule is C#CCCC1(CCNC(=O)[C@@H]2C[C@H]2C(=O)N2CCN(c3ccccc3)CC2)N=N1. The lowest BCUT2D eigenvalue weighted by Crippen LogP contribution is -2.49. The molecule has 1 saturated carbocycles. The van der Waals surface area contributed by atoms with Gasteiger partial charge >= 0.3 is 0 Å². The average Bonchev–Trinajstić information content (AvgIpc) is 3.68. The topological polar surface area (TPSA) is 77.4 Å². The molecule has 0 spiro atoms. The lowest BCUT2D eigenvalue weighted by Gasteiger charge is -2.36. The van der Waals surface area contributed by atoms with Gasteiger partial charge in [0.05, 0.1) is 11.8 Å². The molecule has 2 fully saturated rings. The number of nitrogens with one attached hydrogen (secondary N) is 1. The summed E-state index contributed by atoms with van der Waals surface area (Å²) in [5, 5.41) is 11.1. The molecule has 2 amide bonds. The smallest absolute Gasteiger partial charge is 0.226 e. The van der Waals surface area contributed by atoms with Gasteiger partial charge in [-0.1, -0.05) is 18.2 Å². The lowest BCUT2D eigenvalue weighted by atomic mass is 10.0. The molecule has 0 aromatic heterocycles. The van der Waals surface area contributed by atoms with E-state index in [1.807, 2.05) is 23.1 Å². The minimum Gasteiger partial charge on any atom is -0.368 e. The Morgan fingerprint density at radius 1 is 1.10 bits per heavy atom. The van der Waals surface area contributed by atoms with E-state index in [9.17, 15) is 9.59 Å². The van der Waals surface area contributed by atoms with E-state index in [2.05, 4.69) is 38.5 Å². The summed E-state index contributed by atoms with van der Waals surface area (Å²) in [7, 11) is 0. The molecule has 0 radical (unpaired) electrons. The molecule has 4 rings (SSSR count). The minimum absolute atomic E-state index is 0.0287. The highest BCUT2D eigenvalue weighted by Crippen LogP contribution is 2.41. The monoisotopic (exact) mass is 393 g/mol. The van der Waals surface area contributed by atoms with Gasteiger partial charge in [0, 0.05) is 57.7 Å². The van der Waals surface area contributed by atoms with Crippen molar-refractivity contribution < 1.29 is 9.59 Å². The summed E-state index contributed by atoms with van der Waals surface area (Å²) >= 11 is 0. The van der Waals surface area contributed by atoms with Crippen LogP contribution in [0.4, 0.5) is 5.69 Å². The number of terminal acetylenes is 1. The molecule has 2 aliphatic heterocycles. The fourth-order valence-electron chi connectivity index (χ4n) is 4.00. The number of rotatable bonds is 8. The van der Waals surface area contributed by atoms with Gasteiger partial charge in [-0.05, 0) is 18.6 Å².